The topological polar surface area (TPSA) is 76.0 Å². The molecule has 1 aromatic heterocycles. The first-order valence-corrected chi connectivity index (χ1v) is 11.0. The molecule has 2 N–H and O–H groups in total. The lowest BCUT2D eigenvalue weighted by molar-refractivity contribution is -0.121. The molecule has 0 fully saturated rings. The summed E-state index contributed by atoms with van der Waals surface area (Å²) >= 11 is 0. The maximum atomic E-state index is 12.6. The van der Waals surface area contributed by atoms with Gasteiger partial charge in [-0.05, 0) is 36.6 Å². The highest BCUT2D eigenvalue weighted by molar-refractivity contribution is 5.90. The molecule has 6 heteroatoms. The maximum Gasteiger partial charge on any atom is 0.225 e. The van der Waals surface area contributed by atoms with E-state index < -0.39 is 0 Å². The second kappa shape index (κ2) is 10.3. The molecular weight excluding hydrogens is 400 g/mol. The molecule has 6 nitrogen and oxygen atoms in total. The molecule has 0 atom stereocenters. The van der Waals surface area contributed by atoms with Gasteiger partial charge < -0.3 is 10.6 Å². The van der Waals surface area contributed by atoms with Crippen LogP contribution in [0.2, 0.25) is 0 Å². The Kier molecular flexibility index (Phi) is 7.46. The lowest BCUT2D eigenvalue weighted by atomic mass is 9.92. The molecule has 2 amide bonds. The van der Waals surface area contributed by atoms with Crippen molar-refractivity contribution in [3.8, 4) is 5.69 Å². The summed E-state index contributed by atoms with van der Waals surface area (Å²) in [4.78, 5) is 24.7. The fourth-order valence-corrected chi connectivity index (χ4v) is 3.29. The van der Waals surface area contributed by atoms with E-state index in [0.29, 0.717) is 25.2 Å². The molecule has 0 aliphatic heterocycles. The molecule has 0 saturated heterocycles. The Labute approximate surface area is 190 Å². The van der Waals surface area contributed by atoms with Crippen molar-refractivity contribution in [1.82, 2.24) is 15.1 Å². The van der Waals surface area contributed by atoms with E-state index in [-0.39, 0.29) is 23.7 Å². The lowest BCUT2D eigenvalue weighted by Crippen LogP contribution is -2.23. The zero-order chi connectivity index (χ0) is 23.1. The minimum absolute atomic E-state index is 0.0542. The predicted octanol–water partition coefficient (Wildman–Crippen LogP) is 4.90. The zero-order valence-electron chi connectivity index (χ0n) is 19.3. The first kappa shape index (κ1) is 23.3. The molecule has 1 heterocycles. The molecule has 0 aliphatic carbocycles. The highest BCUT2D eigenvalue weighted by atomic mass is 16.2. The van der Waals surface area contributed by atoms with E-state index in [1.54, 1.807) is 4.68 Å². The molecular formula is C26H32N4O2. The Morgan fingerprint density at radius 3 is 2.34 bits per heavy atom. The number of nitrogens with zero attached hydrogens (tertiary/aromatic N) is 2. The lowest BCUT2D eigenvalue weighted by Gasteiger charge is -2.14. The second-order valence-electron chi connectivity index (χ2n) is 9.08. The van der Waals surface area contributed by atoms with Crippen LogP contribution in [-0.2, 0) is 21.5 Å². The number of carbonyl (C=O) groups excluding carboxylic acids is 2. The number of nitrogens with one attached hydrogen (secondary N) is 2. The van der Waals surface area contributed by atoms with Gasteiger partial charge in [-0.25, -0.2) is 4.68 Å². The van der Waals surface area contributed by atoms with Crippen LogP contribution in [-0.4, -0.2) is 21.6 Å². The third-order valence-corrected chi connectivity index (χ3v) is 5.13. The molecule has 0 unspecified atom stereocenters. The van der Waals surface area contributed by atoms with E-state index in [0.717, 1.165) is 22.5 Å². The van der Waals surface area contributed by atoms with E-state index >= 15 is 0 Å². The van der Waals surface area contributed by atoms with Crippen molar-refractivity contribution in [2.24, 2.45) is 0 Å². The third kappa shape index (κ3) is 6.54. The largest absolute Gasteiger partial charge is 0.352 e. The quantitative estimate of drug-likeness (QED) is 0.531. The van der Waals surface area contributed by atoms with Gasteiger partial charge in [-0.2, -0.15) is 5.10 Å². The van der Waals surface area contributed by atoms with E-state index in [2.05, 4.69) is 31.4 Å². The molecule has 0 aliphatic rings. The Bertz CT molecular complexity index is 1060. The fraction of sp³-hybridized carbons (Fsp3) is 0.346. The summed E-state index contributed by atoms with van der Waals surface area (Å²) < 4.78 is 1.78. The summed E-state index contributed by atoms with van der Waals surface area (Å²) in [6.07, 6.45) is 1.06. The van der Waals surface area contributed by atoms with Crippen LogP contribution >= 0.6 is 0 Å². The number of rotatable bonds is 8. The van der Waals surface area contributed by atoms with Gasteiger partial charge >= 0.3 is 0 Å². The van der Waals surface area contributed by atoms with Crippen molar-refractivity contribution in [2.45, 2.75) is 58.9 Å². The van der Waals surface area contributed by atoms with Crippen LogP contribution in [0.4, 0.5) is 5.82 Å². The number of amides is 2. The summed E-state index contributed by atoms with van der Waals surface area (Å²) in [5.41, 5.74) is 3.82. The molecule has 0 saturated carbocycles. The minimum Gasteiger partial charge on any atom is -0.352 e. The summed E-state index contributed by atoms with van der Waals surface area (Å²) in [6.45, 7) is 8.80. The van der Waals surface area contributed by atoms with Gasteiger partial charge in [0.25, 0.3) is 0 Å². The molecule has 2 aromatic carbocycles. The van der Waals surface area contributed by atoms with Crippen LogP contribution in [0.25, 0.3) is 5.69 Å². The summed E-state index contributed by atoms with van der Waals surface area (Å²) in [7, 11) is 0. The van der Waals surface area contributed by atoms with Gasteiger partial charge in [-0.3, -0.25) is 9.59 Å². The Hall–Kier alpha value is -3.41. The summed E-state index contributed by atoms with van der Waals surface area (Å²) in [5.74, 6) is 0.454. The molecule has 0 bridgehead atoms. The molecule has 0 spiro atoms. The van der Waals surface area contributed by atoms with E-state index in [1.807, 2.05) is 67.6 Å². The van der Waals surface area contributed by atoms with E-state index in [9.17, 15) is 9.59 Å². The molecule has 32 heavy (non-hydrogen) atoms. The standard InChI is InChI=1S/C26H32N4O2/c1-19-10-8-13-21(16-19)30-23(17-22(29-30)26(2,3)4)28-25(32)15-9-14-24(31)27-18-20-11-6-5-7-12-20/h5-8,10-13,16-17H,9,14-15,18H2,1-4H3,(H,27,31)(H,28,32). The van der Waals surface area contributed by atoms with Gasteiger partial charge in [0, 0.05) is 30.9 Å². The number of hydrogen-bond acceptors (Lipinski definition) is 3. The number of anilines is 1. The van der Waals surface area contributed by atoms with Gasteiger partial charge in [0.15, 0.2) is 0 Å². The van der Waals surface area contributed by atoms with Gasteiger partial charge in [0.2, 0.25) is 11.8 Å². The fourth-order valence-electron chi connectivity index (χ4n) is 3.29. The highest BCUT2D eigenvalue weighted by Crippen LogP contribution is 2.26. The smallest absolute Gasteiger partial charge is 0.225 e. The molecule has 168 valence electrons. The van der Waals surface area contributed by atoms with Crippen molar-refractivity contribution in [3.05, 3.63) is 77.5 Å². The number of benzene rings is 2. The van der Waals surface area contributed by atoms with Crippen molar-refractivity contribution in [1.29, 1.82) is 0 Å². The third-order valence-electron chi connectivity index (χ3n) is 5.13. The monoisotopic (exact) mass is 432 g/mol. The highest BCUT2D eigenvalue weighted by Gasteiger charge is 2.21. The minimum atomic E-state index is -0.147. The zero-order valence-corrected chi connectivity index (χ0v) is 19.3. The molecule has 3 aromatic rings. The van der Waals surface area contributed by atoms with Crippen molar-refractivity contribution in [2.75, 3.05) is 5.32 Å². The number of hydrogen-bond donors (Lipinski definition) is 2. The van der Waals surface area contributed by atoms with Gasteiger partial charge in [0.1, 0.15) is 5.82 Å². The van der Waals surface area contributed by atoms with Crippen LogP contribution in [0.3, 0.4) is 0 Å². The van der Waals surface area contributed by atoms with Gasteiger partial charge in [-0.15, -0.1) is 0 Å². The van der Waals surface area contributed by atoms with Crippen LogP contribution in [0.15, 0.2) is 60.7 Å². The van der Waals surface area contributed by atoms with Crippen LogP contribution < -0.4 is 10.6 Å². The maximum absolute atomic E-state index is 12.6. The van der Waals surface area contributed by atoms with Crippen LogP contribution in [0.5, 0.6) is 0 Å². The predicted molar refractivity (Wildman–Crippen MR) is 128 cm³/mol. The number of aromatic nitrogens is 2. The van der Waals surface area contributed by atoms with Crippen molar-refractivity contribution in [3.63, 3.8) is 0 Å². The van der Waals surface area contributed by atoms with E-state index in [1.165, 1.54) is 0 Å². The number of carbonyl (C=O) groups is 2. The van der Waals surface area contributed by atoms with Crippen molar-refractivity contribution >= 4 is 17.6 Å². The molecule has 0 radical (unpaired) electrons. The summed E-state index contributed by atoms with van der Waals surface area (Å²) in [6, 6.07) is 19.7. The van der Waals surface area contributed by atoms with Gasteiger partial charge in [0.05, 0.1) is 11.4 Å². The second-order valence-corrected chi connectivity index (χ2v) is 9.08. The summed E-state index contributed by atoms with van der Waals surface area (Å²) in [5, 5.41) is 10.6. The van der Waals surface area contributed by atoms with E-state index in [4.69, 9.17) is 5.10 Å². The van der Waals surface area contributed by atoms with Crippen LogP contribution in [0, 0.1) is 6.92 Å². The SMILES string of the molecule is Cc1cccc(-n2nc(C(C)(C)C)cc2NC(=O)CCCC(=O)NCc2ccccc2)c1. The Morgan fingerprint density at radius 1 is 0.938 bits per heavy atom. The normalized spacial score (nSPS) is 11.2. The first-order chi connectivity index (χ1) is 15.2. The Balaban J connectivity index is 1.58. The van der Waals surface area contributed by atoms with Gasteiger partial charge in [-0.1, -0.05) is 63.2 Å². The van der Waals surface area contributed by atoms with Crippen LogP contribution in [0.1, 0.15) is 56.9 Å². The molecule has 3 rings (SSSR count). The number of aryl methyl sites for hydroxylation is 1. The average Bonchev–Trinajstić information content (AvgIpc) is 3.17. The average molecular weight is 433 g/mol. The Morgan fingerprint density at radius 2 is 1.66 bits per heavy atom. The van der Waals surface area contributed by atoms with Crippen molar-refractivity contribution < 1.29 is 9.59 Å². The first-order valence-electron chi connectivity index (χ1n) is 11.0.